The first-order valence-corrected chi connectivity index (χ1v) is 10.4. The van der Waals surface area contributed by atoms with E-state index in [0.29, 0.717) is 39.2 Å². The highest BCUT2D eigenvalue weighted by Gasteiger charge is 2.17. The Morgan fingerprint density at radius 2 is 1.58 bits per heavy atom. The van der Waals surface area contributed by atoms with Crippen LogP contribution >= 0.6 is 12.2 Å². The predicted molar refractivity (Wildman–Crippen MR) is 128 cm³/mol. The molecular weight excluding hydrogens is 440 g/mol. The van der Waals surface area contributed by atoms with Crippen LogP contribution in [0.5, 0.6) is 28.7 Å². The predicted octanol–water partition coefficient (Wildman–Crippen LogP) is 5.31. The molecule has 0 aliphatic carbocycles. The standard InChI is InChI=1S/C24H22N4O4S/c1-29-20-13-17(14-21(30-2)22(20)31-3)23-26-27-24(33)28(23)25-15-16-8-7-11-19(12-16)32-18-9-5-4-6-10-18/h4-15H,1-3H3,(H,27,33)/b25-15+. The van der Waals surface area contributed by atoms with Gasteiger partial charge < -0.3 is 18.9 Å². The maximum atomic E-state index is 5.90. The Hall–Kier alpha value is -4.11. The van der Waals surface area contributed by atoms with Crippen molar-refractivity contribution in [2.75, 3.05) is 21.3 Å². The van der Waals surface area contributed by atoms with Crippen molar-refractivity contribution in [1.82, 2.24) is 14.9 Å². The van der Waals surface area contributed by atoms with E-state index in [1.165, 1.54) is 4.68 Å². The molecule has 0 spiro atoms. The van der Waals surface area contributed by atoms with Crippen molar-refractivity contribution < 1.29 is 18.9 Å². The van der Waals surface area contributed by atoms with E-state index < -0.39 is 0 Å². The summed E-state index contributed by atoms with van der Waals surface area (Å²) in [4.78, 5) is 0. The van der Waals surface area contributed by atoms with E-state index in [1.54, 1.807) is 39.7 Å². The molecule has 0 aliphatic rings. The number of nitrogens with one attached hydrogen (secondary N) is 1. The zero-order chi connectivity index (χ0) is 23.2. The van der Waals surface area contributed by atoms with Crippen LogP contribution in [-0.2, 0) is 0 Å². The van der Waals surface area contributed by atoms with Crippen molar-refractivity contribution >= 4 is 18.4 Å². The van der Waals surface area contributed by atoms with E-state index in [4.69, 9.17) is 31.2 Å². The summed E-state index contributed by atoms with van der Waals surface area (Å²) in [5.41, 5.74) is 1.53. The van der Waals surface area contributed by atoms with Crippen molar-refractivity contribution in [2.45, 2.75) is 0 Å². The zero-order valence-corrected chi connectivity index (χ0v) is 19.1. The van der Waals surface area contributed by atoms with Gasteiger partial charge in [0.05, 0.1) is 27.5 Å². The van der Waals surface area contributed by atoms with Gasteiger partial charge in [-0.2, -0.15) is 14.9 Å². The van der Waals surface area contributed by atoms with Crippen LogP contribution in [0.2, 0.25) is 0 Å². The Kier molecular flexibility index (Phi) is 6.70. The summed E-state index contributed by atoms with van der Waals surface area (Å²) in [6.45, 7) is 0. The van der Waals surface area contributed by atoms with Crippen LogP contribution < -0.4 is 18.9 Å². The zero-order valence-electron chi connectivity index (χ0n) is 18.3. The van der Waals surface area contributed by atoms with E-state index in [9.17, 15) is 0 Å². The van der Waals surface area contributed by atoms with Gasteiger partial charge in [-0.25, -0.2) is 5.10 Å². The quantitative estimate of drug-likeness (QED) is 0.282. The van der Waals surface area contributed by atoms with Gasteiger partial charge in [-0.3, -0.25) is 0 Å². The first-order valence-electron chi connectivity index (χ1n) is 9.98. The number of aromatic amines is 1. The van der Waals surface area contributed by atoms with Crippen LogP contribution in [0.1, 0.15) is 5.56 Å². The molecule has 0 unspecified atom stereocenters. The number of hydrogen-bond acceptors (Lipinski definition) is 7. The Balaban J connectivity index is 1.66. The number of ether oxygens (including phenoxy) is 4. The van der Waals surface area contributed by atoms with Crippen molar-refractivity contribution in [2.24, 2.45) is 5.10 Å². The summed E-state index contributed by atoms with van der Waals surface area (Å²) in [5.74, 6) is 3.44. The van der Waals surface area contributed by atoms with Gasteiger partial charge in [0.25, 0.3) is 0 Å². The summed E-state index contributed by atoms with van der Waals surface area (Å²) in [7, 11) is 4.66. The van der Waals surface area contributed by atoms with E-state index in [-0.39, 0.29) is 0 Å². The molecule has 1 N–H and O–H groups in total. The normalized spacial score (nSPS) is 10.9. The average Bonchev–Trinajstić information content (AvgIpc) is 3.22. The van der Waals surface area contributed by atoms with Gasteiger partial charge in [-0.15, -0.1) is 0 Å². The number of rotatable bonds is 8. The number of nitrogens with zero attached hydrogens (tertiary/aromatic N) is 3. The van der Waals surface area contributed by atoms with E-state index in [1.807, 2.05) is 54.6 Å². The summed E-state index contributed by atoms with van der Waals surface area (Å²) < 4.78 is 24.1. The first kappa shape index (κ1) is 22.1. The van der Waals surface area contributed by atoms with Crippen molar-refractivity contribution in [3.8, 4) is 40.1 Å². The molecule has 0 atom stereocenters. The highest BCUT2D eigenvalue weighted by Crippen LogP contribution is 2.40. The van der Waals surface area contributed by atoms with Crippen molar-refractivity contribution in [3.63, 3.8) is 0 Å². The summed E-state index contributed by atoms with van der Waals surface area (Å²) in [6, 6.07) is 20.7. The average molecular weight is 463 g/mol. The number of benzene rings is 3. The molecule has 9 heteroatoms. The second kappa shape index (κ2) is 10.0. The highest BCUT2D eigenvalue weighted by atomic mass is 32.1. The van der Waals surface area contributed by atoms with Gasteiger partial charge >= 0.3 is 0 Å². The van der Waals surface area contributed by atoms with Crippen molar-refractivity contribution in [1.29, 1.82) is 0 Å². The monoisotopic (exact) mass is 462 g/mol. The Labute approximate surface area is 196 Å². The fourth-order valence-corrected chi connectivity index (χ4v) is 3.38. The second-order valence-electron chi connectivity index (χ2n) is 6.81. The Bertz CT molecular complexity index is 1310. The minimum atomic E-state index is 0.340. The third-order valence-corrected chi connectivity index (χ3v) is 5.00. The lowest BCUT2D eigenvalue weighted by Crippen LogP contribution is -1.99. The smallest absolute Gasteiger partial charge is 0.216 e. The summed E-state index contributed by atoms with van der Waals surface area (Å²) in [6.07, 6.45) is 1.69. The van der Waals surface area contributed by atoms with Gasteiger partial charge in [0.15, 0.2) is 17.3 Å². The molecular formula is C24H22N4O4S. The number of para-hydroxylation sites is 1. The highest BCUT2D eigenvalue weighted by molar-refractivity contribution is 7.71. The molecule has 33 heavy (non-hydrogen) atoms. The Morgan fingerprint density at radius 3 is 2.24 bits per heavy atom. The van der Waals surface area contributed by atoms with E-state index in [0.717, 1.165) is 11.3 Å². The molecule has 0 aliphatic heterocycles. The molecule has 8 nitrogen and oxygen atoms in total. The van der Waals surface area contributed by atoms with Gasteiger partial charge in [-0.1, -0.05) is 30.3 Å². The molecule has 3 aromatic carbocycles. The molecule has 0 amide bonds. The third-order valence-electron chi connectivity index (χ3n) is 4.73. The topological polar surface area (TPSA) is 82.9 Å². The van der Waals surface area contributed by atoms with E-state index in [2.05, 4.69) is 15.3 Å². The molecule has 4 aromatic rings. The number of hydrogen-bond donors (Lipinski definition) is 1. The number of aromatic nitrogens is 3. The maximum Gasteiger partial charge on any atom is 0.216 e. The third kappa shape index (κ3) is 4.88. The molecule has 0 radical (unpaired) electrons. The lowest BCUT2D eigenvalue weighted by atomic mass is 10.1. The first-order chi connectivity index (χ1) is 16.1. The lowest BCUT2D eigenvalue weighted by Gasteiger charge is -2.13. The van der Waals surface area contributed by atoms with Crippen molar-refractivity contribution in [3.05, 3.63) is 77.1 Å². The van der Waals surface area contributed by atoms with Gasteiger partial charge in [0.2, 0.25) is 10.5 Å². The van der Waals surface area contributed by atoms with Gasteiger partial charge in [0, 0.05) is 5.56 Å². The van der Waals surface area contributed by atoms with Crippen LogP contribution in [0.3, 0.4) is 0 Å². The molecule has 0 saturated heterocycles. The number of H-pyrrole nitrogens is 1. The Morgan fingerprint density at radius 1 is 0.879 bits per heavy atom. The molecule has 0 fully saturated rings. The SMILES string of the molecule is COc1cc(-c2n[nH]c(=S)n2/N=C/c2cccc(Oc3ccccc3)c2)cc(OC)c1OC. The second-order valence-corrected chi connectivity index (χ2v) is 7.20. The minimum Gasteiger partial charge on any atom is -0.493 e. The lowest BCUT2D eigenvalue weighted by molar-refractivity contribution is 0.324. The maximum absolute atomic E-state index is 5.90. The largest absolute Gasteiger partial charge is 0.493 e. The van der Waals surface area contributed by atoms with Gasteiger partial charge in [-0.05, 0) is 54.2 Å². The molecule has 168 valence electrons. The summed E-state index contributed by atoms with van der Waals surface area (Å²) >= 11 is 5.39. The van der Waals surface area contributed by atoms with Crippen LogP contribution in [0.15, 0.2) is 71.8 Å². The molecule has 1 heterocycles. The fraction of sp³-hybridized carbons (Fsp3) is 0.125. The minimum absolute atomic E-state index is 0.340. The van der Waals surface area contributed by atoms with E-state index >= 15 is 0 Å². The molecule has 0 bridgehead atoms. The summed E-state index contributed by atoms with van der Waals surface area (Å²) in [5, 5.41) is 11.7. The van der Waals surface area contributed by atoms with Crippen LogP contribution in [0, 0.1) is 4.77 Å². The van der Waals surface area contributed by atoms with Crippen LogP contribution in [0.4, 0.5) is 0 Å². The number of methoxy groups -OCH3 is 3. The van der Waals surface area contributed by atoms with Crippen LogP contribution in [0.25, 0.3) is 11.4 Å². The van der Waals surface area contributed by atoms with Crippen LogP contribution in [-0.4, -0.2) is 42.4 Å². The fourth-order valence-electron chi connectivity index (χ4n) is 3.20. The molecule has 0 saturated carbocycles. The molecule has 4 rings (SSSR count). The molecule has 1 aromatic heterocycles. The van der Waals surface area contributed by atoms with Gasteiger partial charge in [0.1, 0.15) is 11.5 Å².